The zero-order valence-corrected chi connectivity index (χ0v) is 8.97. The van der Waals surface area contributed by atoms with Crippen molar-refractivity contribution in [3.8, 4) is 0 Å². The Morgan fingerprint density at radius 2 is 2.15 bits per heavy atom. The first kappa shape index (κ1) is 9.47. The normalized spacial score (nSPS) is 44.1. The number of hydrogen-bond acceptors (Lipinski definition) is 2. The van der Waals surface area contributed by atoms with Gasteiger partial charge in [-0.15, -0.1) is 0 Å². The molecule has 0 aromatic heterocycles. The Hall–Kier alpha value is -0.0800. The summed E-state index contributed by atoms with van der Waals surface area (Å²) in [5.74, 6) is 0. The van der Waals surface area contributed by atoms with Crippen LogP contribution < -0.4 is 5.32 Å². The summed E-state index contributed by atoms with van der Waals surface area (Å²) in [7, 11) is 0. The molecule has 2 aliphatic rings. The predicted octanol–water partition coefficient (Wildman–Crippen LogP) is 1.94. The van der Waals surface area contributed by atoms with Gasteiger partial charge in [0.25, 0.3) is 0 Å². The Morgan fingerprint density at radius 3 is 2.92 bits per heavy atom. The molecule has 2 heteroatoms. The van der Waals surface area contributed by atoms with Gasteiger partial charge in [0.05, 0.1) is 12.2 Å². The molecule has 13 heavy (non-hydrogen) atoms. The average molecular weight is 183 g/mol. The molecule has 1 aliphatic carbocycles. The van der Waals surface area contributed by atoms with Crippen molar-refractivity contribution in [3.05, 3.63) is 0 Å². The molecule has 1 N–H and O–H groups in total. The fraction of sp³-hybridized carbons (Fsp3) is 1.00. The van der Waals surface area contributed by atoms with Crippen molar-refractivity contribution in [1.82, 2.24) is 5.32 Å². The molecule has 0 amide bonds. The van der Waals surface area contributed by atoms with E-state index in [4.69, 9.17) is 4.74 Å². The fourth-order valence-corrected chi connectivity index (χ4v) is 2.59. The van der Waals surface area contributed by atoms with Crippen LogP contribution in [0.1, 0.15) is 40.0 Å². The van der Waals surface area contributed by atoms with E-state index in [1.807, 2.05) is 0 Å². The van der Waals surface area contributed by atoms with E-state index in [-0.39, 0.29) is 0 Å². The summed E-state index contributed by atoms with van der Waals surface area (Å²) in [6, 6.07) is 0.611. The minimum atomic E-state index is 0.405. The largest absolute Gasteiger partial charge is 0.372 e. The lowest BCUT2D eigenvalue weighted by molar-refractivity contribution is -0.0864. The molecule has 0 aromatic carbocycles. The van der Waals surface area contributed by atoms with Crippen LogP contribution in [-0.2, 0) is 4.74 Å². The van der Waals surface area contributed by atoms with Crippen LogP contribution in [0.3, 0.4) is 0 Å². The van der Waals surface area contributed by atoms with Gasteiger partial charge in [0.1, 0.15) is 0 Å². The van der Waals surface area contributed by atoms with Crippen molar-refractivity contribution < 1.29 is 4.74 Å². The van der Waals surface area contributed by atoms with E-state index in [0.29, 0.717) is 23.7 Å². The minimum Gasteiger partial charge on any atom is -0.372 e. The highest BCUT2D eigenvalue weighted by Gasteiger charge is 2.38. The molecular weight excluding hydrogens is 162 g/mol. The van der Waals surface area contributed by atoms with Crippen molar-refractivity contribution in [3.63, 3.8) is 0 Å². The summed E-state index contributed by atoms with van der Waals surface area (Å²) >= 11 is 0. The van der Waals surface area contributed by atoms with Crippen LogP contribution in [0.5, 0.6) is 0 Å². The van der Waals surface area contributed by atoms with Crippen LogP contribution >= 0.6 is 0 Å². The van der Waals surface area contributed by atoms with Crippen LogP contribution in [0.4, 0.5) is 0 Å². The summed E-state index contributed by atoms with van der Waals surface area (Å²) < 4.78 is 5.92. The van der Waals surface area contributed by atoms with Crippen LogP contribution in [0, 0.1) is 5.41 Å². The lowest BCUT2D eigenvalue weighted by atomic mass is 9.73. The molecule has 0 aromatic rings. The highest BCUT2D eigenvalue weighted by Crippen LogP contribution is 2.37. The lowest BCUT2D eigenvalue weighted by Gasteiger charge is -2.45. The van der Waals surface area contributed by atoms with E-state index < -0.39 is 0 Å². The Kier molecular flexibility index (Phi) is 2.37. The van der Waals surface area contributed by atoms with Gasteiger partial charge in [-0.2, -0.15) is 0 Å². The van der Waals surface area contributed by atoms with Gasteiger partial charge in [0.2, 0.25) is 0 Å². The van der Waals surface area contributed by atoms with Crippen LogP contribution in [0.25, 0.3) is 0 Å². The minimum absolute atomic E-state index is 0.405. The van der Waals surface area contributed by atoms with E-state index >= 15 is 0 Å². The molecular formula is C11H21NO. The molecule has 1 aliphatic heterocycles. The van der Waals surface area contributed by atoms with Crippen molar-refractivity contribution in [2.75, 3.05) is 6.54 Å². The van der Waals surface area contributed by atoms with E-state index in [1.165, 1.54) is 19.3 Å². The second-order valence-electron chi connectivity index (χ2n) is 5.41. The molecule has 0 spiro atoms. The van der Waals surface area contributed by atoms with E-state index in [1.54, 1.807) is 0 Å². The maximum Gasteiger partial charge on any atom is 0.0732 e. The number of fused-ring (bicyclic) bond motifs is 1. The molecule has 1 heterocycles. The molecule has 2 nitrogen and oxygen atoms in total. The molecule has 2 rings (SSSR count). The SMILES string of the molecule is CC1CNC2CC(C)(C)CCC2O1. The molecule has 1 saturated carbocycles. The van der Waals surface area contributed by atoms with Crippen LogP contribution in [0.2, 0.25) is 0 Å². The van der Waals surface area contributed by atoms with Gasteiger partial charge in [-0.1, -0.05) is 13.8 Å². The van der Waals surface area contributed by atoms with Gasteiger partial charge >= 0.3 is 0 Å². The highest BCUT2D eigenvalue weighted by molar-refractivity contribution is 4.92. The van der Waals surface area contributed by atoms with Crippen molar-refractivity contribution in [2.45, 2.75) is 58.3 Å². The molecule has 0 radical (unpaired) electrons. The summed E-state index contributed by atoms with van der Waals surface area (Å²) in [5.41, 5.74) is 0.512. The van der Waals surface area contributed by atoms with Crippen molar-refractivity contribution in [1.29, 1.82) is 0 Å². The third-order valence-electron chi connectivity index (χ3n) is 3.40. The maximum absolute atomic E-state index is 5.92. The number of ether oxygens (including phenoxy) is 1. The second kappa shape index (κ2) is 3.25. The first-order chi connectivity index (χ1) is 6.07. The molecule has 0 bridgehead atoms. The standard InChI is InChI=1S/C11H21NO/c1-8-7-12-9-6-11(2,3)5-4-10(9)13-8/h8-10,12H,4-7H2,1-3H3. The number of nitrogens with one attached hydrogen (secondary N) is 1. The number of hydrogen-bond donors (Lipinski definition) is 1. The van der Waals surface area contributed by atoms with Gasteiger partial charge in [-0.25, -0.2) is 0 Å². The zero-order chi connectivity index (χ0) is 9.47. The number of morpholine rings is 1. The third kappa shape index (κ3) is 2.05. The van der Waals surface area contributed by atoms with Crippen molar-refractivity contribution >= 4 is 0 Å². The van der Waals surface area contributed by atoms with Gasteiger partial charge < -0.3 is 10.1 Å². The number of rotatable bonds is 0. The summed E-state index contributed by atoms with van der Waals surface area (Å²) in [5, 5.41) is 3.60. The van der Waals surface area contributed by atoms with Crippen LogP contribution in [0.15, 0.2) is 0 Å². The van der Waals surface area contributed by atoms with Gasteiger partial charge in [-0.05, 0) is 31.6 Å². The highest BCUT2D eigenvalue weighted by atomic mass is 16.5. The average Bonchev–Trinajstić information content (AvgIpc) is 2.05. The Morgan fingerprint density at radius 1 is 1.38 bits per heavy atom. The van der Waals surface area contributed by atoms with Gasteiger partial charge in [0.15, 0.2) is 0 Å². The summed E-state index contributed by atoms with van der Waals surface area (Å²) in [6.07, 6.45) is 4.70. The first-order valence-electron chi connectivity index (χ1n) is 5.46. The van der Waals surface area contributed by atoms with Gasteiger partial charge in [-0.3, -0.25) is 0 Å². The molecule has 3 unspecified atom stereocenters. The first-order valence-corrected chi connectivity index (χ1v) is 5.46. The monoisotopic (exact) mass is 183 g/mol. The quantitative estimate of drug-likeness (QED) is 0.619. The smallest absolute Gasteiger partial charge is 0.0732 e. The van der Waals surface area contributed by atoms with E-state index in [9.17, 15) is 0 Å². The molecule has 1 saturated heterocycles. The lowest BCUT2D eigenvalue weighted by Crippen LogP contribution is -2.55. The Balaban J connectivity index is 1.98. The van der Waals surface area contributed by atoms with E-state index in [2.05, 4.69) is 26.1 Å². The summed E-state index contributed by atoms with van der Waals surface area (Å²) in [4.78, 5) is 0. The van der Waals surface area contributed by atoms with Crippen LogP contribution in [-0.4, -0.2) is 24.8 Å². The van der Waals surface area contributed by atoms with Gasteiger partial charge in [0, 0.05) is 12.6 Å². The molecule has 76 valence electrons. The summed E-state index contributed by atoms with van der Waals surface area (Å²) in [6.45, 7) is 7.91. The zero-order valence-electron chi connectivity index (χ0n) is 8.97. The molecule has 3 atom stereocenters. The molecule has 2 fully saturated rings. The maximum atomic E-state index is 5.92. The topological polar surface area (TPSA) is 21.3 Å². The van der Waals surface area contributed by atoms with E-state index in [0.717, 1.165) is 6.54 Å². The van der Waals surface area contributed by atoms with Crippen molar-refractivity contribution in [2.24, 2.45) is 5.41 Å². The second-order valence-corrected chi connectivity index (χ2v) is 5.41. The Bertz CT molecular complexity index is 191. The Labute approximate surface area is 81.0 Å². The predicted molar refractivity (Wildman–Crippen MR) is 53.8 cm³/mol. The fourth-order valence-electron chi connectivity index (χ4n) is 2.59. The third-order valence-corrected chi connectivity index (χ3v) is 3.40.